The monoisotopic (exact) mass is 397 g/mol. The van der Waals surface area contributed by atoms with Crippen molar-refractivity contribution in [3.63, 3.8) is 0 Å². The largest absolute Gasteiger partial charge is 0.497 e. The van der Waals surface area contributed by atoms with E-state index in [0.29, 0.717) is 29.6 Å². The first kappa shape index (κ1) is 20.7. The summed E-state index contributed by atoms with van der Waals surface area (Å²) >= 11 is 0. The smallest absolute Gasteiger partial charge is 0.258 e. The summed E-state index contributed by atoms with van der Waals surface area (Å²) in [6.45, 7) is 3.26. The van der Waals surface area contributed by atoms with Crippen molar-refractivity contribution in [2.45, 2.75) is 25.9 Å². The third kappa shape index (κ3) is 5.96. The van der Waals surface area contributed by atoms with E-state index < -0.39 is 0 Å². The van der Waals surface area contributed by atoms with E-state index in [0.717, 1.165) is 30.7 Å². The number of benzene rings is 2. The highest BCUT2D eigenvalue weighted by molar-refractivity contribution is 6.10. The Balaban J connectivity index is 1.78. The number of hydrogen-bond acceptors (Lipinski definition) is 5. The van der Waals surface area contributed by atoms with Crippen LogP contribution >= 0.6 is 0 Å². The molecule has 154 valence electrons. The van der Waals surface area contributed by atoms with Crippen LogP contribution in [0.2, 0.25) is 0 Å². The molecule has 0 spiro atoms. The van der Waals surface area contributed by atoms with Crippen molar-refractivity contribution in [1.29, 1.82) is 0 Å². The molecule has 1 fully saturated rings. The molecule has 29 heavy (non-hydrogen) atoms. The lowest BCUT2D eigenvalue weighted by molar-refractivity contribution is 0.0975. The van der Waals surface area contributed by atoms with Crippen LogP contribution in [0.1, 0.15) is 28.8 Å². The first-order valence-corrected chi connectivity index (χ1v) is 9.61. The molecule has 0 aromatic heterocycles. The maximum atomic E-state index is 12.9. The van der Waals surface area contributed by atoms with E-state index in [1.165, 1.54) is 0 Å². The van der Waals surface area contributed by atoms with E-state index in [9.17, 15) is 4.79 Å². The number of ether oxygens (including phenoxy) is 3. The van der Waals surface area contributed by atoms with Gasteiger partial charge in [-0.15, -0.1) is 0 Å². The van der Waals surface area contributed by atoms with Crippen LogP contribution in [-0.4, -0.2) is 45.3 Å². The topological polar surface area (TPSA) is 81.2 Å². The summed E-state index contributed by atoms with van der Waals surface area (Å²) < 4.78 is 16.1. The summed E-state index contributed by atoms with van der Waals surface area (Å²) in [7, 11) is 3.09. The van der Waals surface area contributed by atoms with Crippen LogP contribution in [0.15, 0.2) is 47.5 Å². The Morgan fingerprint density at radius 2 is 1.83 bits per heavy atom. The molecule has 3 rings (SSSR count). The van der Waals surface area contributed by atoms with Gasteiger partial charge in [0, 0.05) is 23.9 Å². The second-order valence-corrected chi connectivity index (χ2v) is 6.87. The number of nitrogens with one attached hydrogen (secondary N) is 2. The minimum Gasteiger partial charge on any atom is -0.497 e. The Bertz CT molecular complexity index is 837. The highest BCUT2D eigenvalue weighted by Gasteiger charge is 2.17. The molecule has 1 aliphatic rings. The maximum Gasteiger partial charge on any atom is 0.258 e. The summed E-state index contributed by atoms with van der Waals surface area (Å²) in [5.74, 6) is 1.14. The summed E-state index contributed by atoms with van der Waals surface area (Å²) in [6.07, 6.45) is 2.10. The molecule has 2 aromatic rings. The normalized spacial score (nSPS) is 16.4. The van der Waals surface area contributed by atoms with Gasteiger partial charge in [-0.2, -0.15) is 0 Å². The molecule has 1 atom stereocenters. The van der Waals surface area contributed by atoms with Gasteiger partial charge >= 0.3 is 0 Å². The average molecular weight is 397 g/mol. The number of guanidine groups is 1. The molecular formula is C22H27N3O4. The van der Waals surface area contributed by atoms with Crippen molar-refractivity contribution < 1.29 is 19.0 Å². The van der Waals surface area contributed by atoms with Crippen molar-refractivity contribution in [2.75, 3.05) is 32.7 Å². The summed E-state index contributed by atoms with van der Waals surface area (Å²) in [5.41, 5.74) is 2.41. The van der Waals surface area contributed by atoms with Crippen LogP contribution in [0.25, 0.3) is 0 Å². The Hall–Kier alpha value is -3.06. The Morgan fingerprint density at radius 1 is 1.14 bits per heavy atom. The third-order valence-corrected chi connectivity index (χ3v) is 4.64. The molecule has 0 radical (unpaired) electrons. The average Bonchev–Trinajstić information content (AvgIpc) is 3.26. The molecule has 2 N–H and O–H groups in total. The second-order valence-electron chi connectivity index (χ2n) is 6.87. The van der Waals surface area contributed by atoms with Crippen molar-refractivity contribution in [3.8, 4) is 11.5 Å². The van der Waals surface area contributed by atoms with Gasteiger partial charge in [0.2, 0.25) is 5.96 Å². The van der Waals surface area contributed by atoms with Gasteiger partial charge < -0.3 is 19.5 Å². The molecule has 0 bridgehead atoms. The van der Waals surface area contributed by atoms with Crippen molar-refractivity contribution >= 4 is 17.6 Å². The number of hydrogen-bond donors (Lipinski definition) is 2. The number of nitrogens with zero attached hydrogens (tertiary/aromatic N) is 1. The first-order valence-electron chi connectivity index (χ1n) is 9.61. The quantitative estimate of drug-likeness (QED) is 0.577. The van der Waals surface area contributed by atoms with Crippen LogP contribution in [0.3, 0.4) is 0 Å². The van der Waals surface area contributed by atoms with Crippen molar-refractivity contribution in [1.82, 2.24) is 5.32 Å². The van der Waals surface area contributed by atoms with Gasteiger partial charge in [0.25, 0.3) is 5.91 Å². The van der Waals surface area contributed by atoms with E-state index in [4.69, 9.17) is 14.2 Å². The number of anilines is 1. The number of carbonyl (C=O) groups is 1. The van der Waals surface area contributed by atoms with Crippen LogP contribution in [0, 0.1) is 6.92 Å². The number of rotatable bonds is 6. The number of carbonyl (C=O) groups excluding carboxylic acids is 1. The molecule has 0 aliphatic carbocycles. The maximum absolute atomic E-state index is 12.9. The lowest BCUT2D eigenvalue weighted by Crippen LogP contribution is -2.36. The Kier molecular flexibility index (Phi) is 7.08. The van der Waals surface area contributed by atoms with Crippen LogP contribution in [-0.2, 0) is 4.74 Å². The molecule has 1 saturated heterocycles. The van der Waals surface area contributed by atoms with Gasteiger partial charge in [0.1, 0.15) is 11.5 Å². The zero-order valence-electron chi connectivity index (χ0n) is 17.0. The van der Waals surface area contributed by atoms with Gasteiger partial charge in [-0.3, -0.25) is 10.1 Å². The van der Waals surface area contributed by atoms with Crippen molar-refractivity contribution in [3.05, 3.63) is 53.6 Å². The minimum atomic E-state index is -0.312. The van der Waals surface area contributed by atoms with Gasteiger partial charge in [-0.25, -0.2) is 4.99 Å². The summed E-state index contributed by atoms with van der Waals surface area (Å²) in [4.78, 5) is 17.4. The molecule has 7 heteroatoms. The predicted molar refractivity (Wildman–Crippen MR) is 113 cm³/mol. The van der Waals surface area contributed by atoms with Gasteiger partial charge in [-0.1, -0.05) is 17.7 Å². The van der Waals surface area contributed by atoms with E-state index in [1.54, 1.807) is 32.4 Å². The number of aliphatic imine (C=N–C) groups is 1. The third-order valence-electron chi connectivity index (χ3n) is 4.64. The fourth-order valence-corrected chi connectivity index (χ4v) is 2.98. The van der Waals surface area contributed by atoms with E-state index in [-0.39, 0.29) is 12.0 Å². The first-order chi connectivity index (χ1) is 14.1. The fraction of sp³-hybridized carbons (Fsp3) is 0.364. The van der Waals surface area contributed by atoms with Crippen LogP contribution < -0.4 is 20.1 Å². The van der Waals surface area contributed by atoms with E-state index in [2.05, 4.69) is 15.6 Å². The number of amides is 1. The molecule has 1 aliphatic heterocycles. The van der Waals surface area contributed by atoms with Crippen molar-refractivity contribution in [2.24, 2.45) is 4.99 Å². The van der Waals surface area contributed by atoms with Gasteiger partial charge in [-0.05, 0) is 44.0 Å². The fourth-order valence-electron chi connectivity index (χ4n) is 2.98. The molecule has 0 unspecified atom stereocenters. The Labute approximate surface area is 171 Å². The van der Waals surface area contributed by atoms with Gasteiger partial charge in [0.15, 0.2) is 0 Å². The SMILES string of the molecule is COc1cc(OC)cc(C(=O)NC(=NC[C@H]2CCCO2)Nc2ccc(C)cc2)c1. The van der Waals surface area contributed by atoms with Crippen LogP contribution in [0.5, 0.6) is 11.5 Å². The number of aryl methyl sites for hydroxylation is 1. The molecule has 1 amide bonds. The Morgan fingerprint density at radius 3 is 2.41 bits per heavy atom. The number of methoxy groups -OCH3 is 2. The standard InChI is InChI=1S/C22H27N3O4/c1-15-6-8-17(9-7-15)24-22(23-14-18-5-4-10-29-18)25-21(26)16-11-19(27-2)13-20(12-16)28-3/h6-9,11-13,18H,4-5,10,14H2,1-3H3,(H2,23,24,25,26)/t18-/m1/s1. The molecule has 0 saturated carbocycles. The van der Waals surface area contributed by atoms with Gasteiger partial charge in [0.05, 0.1) is 26.9 Å². The zero-order chi connectivity index (χ0) is 20.6. The highest BCUT2D eigenvalue weighted by Crippen LogP contribution is 2.22. The lowest BCUT2D eigenvalue weighted by Gasteiger charge is -2.14. The zero-order valence-corrected chi connectivity index (χ0v) is 17.0. The van der Waals surface area contributed by atoms with Crippen LogP contribution in [0.4, 0.5) is 5.69 Å². The predicted octanol–water partition coefficient (Wildman–Crippen LogP) is 3.39. The molecule has 2 aromatic carbocycles. The molecule has 7 nitrogen and oxygen atoms in total. The molecule has 1 heterocycles. The highest BCUT2D eigenvalue weighted by atomic mass is 16.5. The van der Waals surface area contributed by atoms with E-state index >= 15 is 0 Å². The summed E-state index contributed by atoms with van der Waals surface area (Å²) in [5, 5.41) is 6.04. The minimum absolute atomic E-state index is 0.0821. The van der Waals surface area contributed by atoms with E-state index in [1.807, 2.05) is 31.2 Å². The summed E-state index contributed by atoms with van der Waals surface area (Å²) in [6, 6.07) is 12.9. The lowest BCUT2D eigenvalue weighted by atomic mass is 10.2. The molecular weight excluding hydrogens is 370 g/mol. The second kappa shape index (κ2) is 9.93.